The Bertz CT molecular complexity index is 1680. The molecule has 46 heavy (non-hydrogen) atoms. The average Bonchev–Trinajstić information content (AvgIpc) is 3.33. The van der Waals surface area contributed by atoms with Crippen LogP contribution in [0.4, 0.5) is 0 Å². The number of carboxylic acid groups (broad SMARTS) is 1. The van der Waals surface area contributed by atoms with Gasteiger partial charge in [0.2, 0.25) is 11.8 Å². The van der Waals surface area contributed by atoms with Gasteiger partial charge in [-0.05, 0) is 50.7 Å². The van der Waals surface area contributed by atoms with Crippen molar-refractivity contribution in [2.45, 2.75) is 95.7 Å². The van der Waals surface area contributed by atoms with Gasteiger partial charge in [-0.2, -0.15) is 0 Å². The number of aromatic nitrogens is 2. The number of pyridine rings is 1. The highest BCUT2D eigenvalue weighted by Crippen LogP contribution is 2.45. The fourth-order valence-corrected chi connectivity index (χ4v) is 7.57. The van der Waals surface area contributed by atoms with Crippen LogP contribution >= 0.6 is 11.3 Å². The average molecular weight is 647 g/mol. The van der Waals surface area contributed by atoms with Gasteiger partial charge in [-0.1, -0.05) is 38.8 Å². The van der Waals surface area contributed by atoms with Gasteiger partial charge in [0.15, 0.2) is 0 Å². The standard InChI is InChI=1S/C35H42N4O6S/c1-20(2)26-19-46-33(37-26)25-16-29(24-13-14-28(44-4)21(3)31(24)36-25)45-23-15-27-32(41)38-35(34(42)43)17-22(35)11-9-7-5-6-8-10-12-30(40)39(27)18-23/h9,11,13-14,16,19-20,22-23,27H,5-8,10,12,15,17-18H2,1-4H3,(H,38,41)(H,42,43). The molecule has 244 valence electrons. The topological polar surface area (TPSA) is 131 Å². The number of carbonyl (C=O) groups is 3. The van der Waals surface area contributed by atoms with E-state index in [0.717, 1.165) is 59.3 Å². The molecule has 1 aliphatic carbocycles. The second-order valence-electron chi connectivity index (χ2n) is 13.0. The highest BCUT2D eigenvalue weighted by molar-refractivity contribution is 7.13. The molecular weight excluding hydrogens is 604 g/mol. The predicted octanol–water partition coefficient (Wildman–Crippen LogP) is 6.02. The van der Waals surface area contributed by atoms with Crippen molar-refractivity contribution in [1.29, 1.82) is 0 Å². The number of nitrogens with zero attached hydrogens (tertiary/aromatic N) is 3. The number of carboxylic acids is 1. The Morgan fingerprint density at radius 1 is 1.15 bits per heavy atom. The lowest BCUT2D eigenvalue weighted by Crippen LogP contribution is -2.53. The third-order valence-electron chi connectivity index (χ3n) is 9.50. The van der Waals surface area contributed by atoms with Crippen molar-refractivity contribution >= 4 is 40.0 Å². The van der Waals surface area contributed by atoms with Gasteiger partial charge < -0.3 is 24.8 Å². The Morgan fingerprint density at radius 2 is 1.96 bits per heavy atom. The van der Waals surface area contributed by atoms with Gasteiger partial charge in [0.1, 0.15) is 39.9 Å². The van der Waals surface area contributed by atoms with Gasteiger partial charge in [0.25, 0.3) is 0 Å². The molecule has 1 saturated carbocycles. The van der Waals surface area contributed by atoms with E-state index >= 15 is 0 Å². The number of hydrogen-bond donors (Lipinski definition) is 2. The number of methoxy groups -OCH3 is 1. The largest absolute Gasteiger partial charge is 0.496 e. The lowest BCUT2D eigenvalue weighted by molar-refractivity contribution is -0.145. The maximum absolute atomic E-state index is 13.8. The molecule has 4 atom stereocenters. The fourth-order valence-electron chi connectivity index (χ4n) is 6.63. The summed E-state index contributed by atoms with van der Waals surface area (Å²) >= 11 is 1.53. The number of amides is 2. The summed E-state index contributed by atoms with van der Waals surface area (Å²) in [5.74, 6) is -0.299. The van der Waals surface area contributed by atoms with Crippen molar-refractivity contribution in [3.8, 4) is 22.2 Å². The number of allylic oxidation sites excluding steroid dienone is 1. The molecule has 10 nitrogen and oxygen atoms in total. The Hall–Kier alpha value is -3.99. The zero-order valence-corrected chi connectivity index (χ0v) is 27.7. The zero-order valence-electron chi connectivity index (χ0n) is 26.9. The number of rotatable bonds is 6. The molecule has 0 bridgehead atoms. The van der Waals surface area contributed by atoms with Crippen molar-refractivity contribution in [3.63, 3.8) is 0 Å². The van der Waals surface area contributed by atoms with Crippen LogP contribution in [0.5, 0.6) is 11.5 Å². The van der Waals surface area contributed by atoms with Crippen LogP contribution in [-0.4, -0.2) is 69.1 Å². The van der Waals surface area contributed by atoms with Crippen LogP contribution in [-0.2, 0) is 14.4 Å². The highest BCUT2D eigenvalue weighted by Gasteiger charge is 2.61. The normalized spacial score (nSPS) is 25.4. The van der Waals surface area contributed by atoms with E-state index in [9.17, 15) is 19.5 Å². The Labute approximate surface area is 273 Å². The third-order valence-corrected chi connectivity index (χ3v) is 10.4. The molecule has 3 aromatic rings. The number of fused-ring (bicyclic) bond motifs is 3. The first kappa shape index (κ1) is 32.0. The van der Waals surface area contributed by atoms with Gasteiger partial charge in [-0.15, -0.1) is 11.3 Å². The van der Waals surface area contributed by atoms with Crippen LogP contribution in [0.3, 0.4) is 0 Å². The lowest BCUT2D eigenvalue weighted by atomic mass is 10.1. The van der Waals surface area contributed by atoms with E-state index < -0.39 is 29.6 Å². The lowest BCUT2D eigenvalue weighted by Gasteiger charge is -2.25. The molecule has 11 heteroatoms. The molecule has 2 amide bonds. The summed E-state index contributed by atoms with van der Waals surface area (Å²) in [4.78, 5) is 51.0. The number of carbonyl (C=O) groups excluding carboxylic acids is 2. The quantitative estimate of drug-likeness (QED) is 0.311. The SMILES string of the molecule is COc1ccc2c(OC3CC4C(=O)NC5(C(=O)O)CC5C=CCCCCCCC(=O)N4C3)cc(-c3nc(C(C)C)cs3)nc2c1C. The minimum Gasteiger partial charge on any atom is -0.496 e. The molecule has 1 aromatic carbocycles. The molecule has 6 rings (SSSR count). The molecule has 2 fully saturated rings. The van der Waals surface area contributed by atoms with Crippen molar-refractivity contribution in [2.24, 2.45) is 5.92 Å². The summed E-state index contributed by atoms with van der Waals surface area (Å²) in [7, 11) is 1.63. The Morgan fingerprint density at radius 3 is 2.70 bits per heavy atom. The first-order valence-corrected chi connectivity index (χ1v) is 17.1. The van der Waals surface area contributed by atoms with Crippen molar-refractivity contribution < 1.29 is 29.0 Å². The molecular formula is C35H42N4O6S. The summed E-state index contributed by atoms with van der Waals surface area (Å²) in [6.07, 6.45) is 8.90. The number of nitrogens with one attached hydrogen (secondary N) is 1. The van der Waals surface area contributed by atoms with Gasteiger partial charge in [-0.25, -0.2) is 14.8 Å². The van der Waals surface area contributed by atoms with Crippen LogP contribution in [0.1, 0.15) is 82.4 Å². The number of hydrogen-bond acceptors (Lipinski definition) is 8. The second-order valence-corrected chi connectivity index (χ2v) is 13.9. The van der Waals surface area contributed by atoms with Crippen LogP contribution in [0.15, 0.2) is 35.7 Å². The van der Waals surface area contributed by atoms with Gasteiger partial charge in [0, 0.05) is 41.2 Å². The molecule has 2 N–H and O–H groups in total. The van der Waals surface area contributed by atoms with Crippen LogP contribution < -0.4 is 14.8 Å². The van der Waals surface area contributed by atoms with E-state index in [0.29, 0.717) is 30.0 Å². The number of aryl methyl sites for hydroxylation is 1. The number of benzene rings is 1. The molecule has 3 aliphatic rings. The Kier molecular flexibility index (Phi) is 9.05. The highest BCUT2D eigenvalue weighted by atomic mass is 32.1. The number of ether oxygens (including phenoxy) is 2. The van der Waals surface area contributed by atoms with E-state index in [2.05, 4.69) is 19.2 Å². The molecule has 0 radical (unpaired) electrons. The predicted molar refractivity (Wildman–Crippen MR) is 176 cm³/mol. The smallest absolute Gasteiger partial charge is 0.330 e. The third kappa shape index (κ3) is 6.21. The minimum absolute atomic E-state index is 0.110. The summed E-state index contributed by atoms with van der Waals surface area (Å²) in [6.45, 7) is 6.38. The van der Waals surface area contributed by atoms with E-state index in [1.165, 1.54) is 11.3 Å². The van der Waals surface area contributed by atoms with E-state index in [4.69, 9.17) is 19.4 Å². The maximum atomic E-state index is 13.8. The minimum atomic E-state index is -1.34. The van der Waals surface area contributed by atoms with Gasteiger partial charge in [0.05, 0.1) is 24.9 Å². The summed E-state index contributed by atoms with van der Waals surface area (Å²) in [5, 5.41) is 16.5. The maximum Gasteiger partial charge on any atom is 0.330 e. The summed E-state index contributed by atoms with van der Waals surface area (Å²) in [6, 6.07) is 4.85. The number of thiazole rings is 1. The van der Waals surface area contributed by atoms with Crippen LogP contribution in [0.25, 0.3) is 21.6 Å². The summed E-state index contributed by atoms with van der Waals surface area (Å²) < 4.78 is 12.3. The molecule has 2 aromatic heterocycles. The molecule has 4 unspecified atom stereocenters. The fraction of sp³-hybridized carbons (Fsp3) is 0.514. The Balaban J connectivity index is 1.33. The van der Waals surface area contributed by atoms with E-state index in [1.807, 2.05) is 42.7 Å². The molecule has 2 aliphatic heterocycles. The van der Waals surface area contributed by atoms with Gasteiger partial charge in [-0.3, -0.25) is 9.59 Å². The van der Waals surface area contributed by atoms with Crippen molar-refractivity contribution in [2.75, 3.05) is 13.7 Å². The molecule has 1 saturated heterocycles. The monoisotopic (exact) mass is 646 g/mol. The van der Waals surface area contributed by atoms with Crippen molar-refractivity contribution in [1.82, 2.24) is 20.2 Å². The van der Waals surface area contributed by atoms with Gasteiger partial charge >= 0.3 is 5.97 Å². The van der Waals surface area contributed by atoms with E-state index in [1.54, 1.807) is 12.0 Å². The second kappa shape index (κ2) is 13.0. The molecule has 4 heterocycles. The number of aliphatic carboxylic acids is 1. The van der Waals surface area contributed by atoms with E-state index in [-0.39, 0.29) is 30.7 Å². The van der Waals surface area contributed by atoms with Crippen LogP contribution in [0, 0.1) is 12.8 Å². The van der Waals surface area contributed by atoms with Crippen LogP contribution in [0.2, 0.25) is 0 Å². The first-order chi connectivity index (χ1) is 22.1. The zero-order chi connectivity index (χ0) is 32.6. The first-order valence-electron chi connectivity index (χ1n) is 16.2. The van der Waals surface area contributed by atoms with Crippen molar-refractivity contribution in [3.05, 3.63) is 47.0 Å². The summed E-state index contributed by atoms with van der Waals surface area (Å²) in [5.41, 5.74) is 1.92. The molecule has 0 spiro atoms.